The van der Waals surface area contributed by atoms with Crippen LogP contribution in [-0.4, -0.2) is 40.3 Å². The Hall–Kier alpha value is -2.24. The van der Waals surface area contributed by atoms with Crippen LogP contribution in [0.15, 0.2) is 18.2 Å². The van der Waals surface area contributed by atoms with Crippen molar-refractivity contribution in [3.63, 3.8) is 0 Å². The highest BCUT2D eigenvalue weighted by atomic mass is 16.6. The molecule has 1 aromatic rings. The first-order chi connectivity index (χ1) is 7.59. The summed E-state index contributed by atoms with van der Waals surface area (Å²) in [5.41, 5.74) is 0.120. The lowest BCUT2D eigenvalue weighted by Gasteiger charge is -2.10. The van der Waals surface area contributed by atoms with E-state index in [0.717, 1.165) is 11.0 Å². The van der Waals surface area contributed by atoms with Gasteiger partial charge in [0.15, 0.2) is 11.5 Å². The molecule has 1 saturated heterocycles. The Morgan fingerprint density at radius 3 is 2.62 bits per heavy atom. The summed E-state index contributed by atoms with van der Waals surface area (Å²) in [5, 5.41) is 18.3. The Morgan fingerprint density at radius 2 is 2.06 bits per heavy atom. The molecule has 6 heteroatoms. The highest BCUT2D eigenvalue weighted by Gasteiger charge is 2.29. The number of carbonyl (C=O) groups is 2. The zero-order chi connectivity index (χ0) is 11.7. The van der Waals surface area contributed by atoms with Crippen LogP contribution >= 0.6 is 0 Å². The fraction of sp³-hybridized carbons (Fsp3) is 0.200. The Morgan fingerprint density at radius 1 is 1.31 bits per heavy atom. The van der Waals surface area contributed by atoms with Crippen LogP contribution in [0.5, 0.6) is 11.5 Å². The molecule has 6 nitrogen and oxygen atoms in total. The minimum atomic E-state index is -0.697. The van der Waals surface area contributed by atoms with Crippen LogP contribution in [0, 0.1) is 0 Å². The van der Waals surface area contributed by atoms with Gasteiger partial charge in [0.05, 0.1) is 6.54 Å². The molecule has 1 aliphatic heterocycles. The number of nitrogens with zero attached hydrogens (tertiary/aromatic N) is 1. The fourth-order valence-corrected chi connectivity index (χ4v) is 1.39. The minimum absolute atomic E-state index is 0.120. The molecule has 0 radical (unpaired) electrons. The van der Waals surface area contributed by atoms with Gasteiger partial charge in [-0.25, -0.2) is 9.69 Å². The quantitative estimate of drug-likeness (QED) is 0.684. The van der Waals surface area contributed by atoms with Crippen molar-refractivity contribution in [1.82, 2.24) is 4.90 Å². The monoisotopic (exact) mass is 223 g/mol. The fourth-order valence-electron chi connectivity index (χ4n) is 1.39. The molecule has 16 heavy (non-hydrogen) atoms. The van der Waals surface area contributed by atoms with Crippen molar-refractivity contribution in [3.05, 3.63) is 23.8 Å². The maximum absolute atomic E-state index is 11.8. The standard InChI is InChI=1S/C10H9NO5/c12-7-2-1-6(5-8(7)13)9(14)11-3-4-16-10(11)15/h1-2,5,12-13H,3-4H2. The summed E-state index contributed by atoms with van der Waals surface area (Å²) in [7, 11) is 0. The molecule has 0 saturated carbocycles. The van der Waals surface area contributed by atoms with Gasteiger partial charge in [-0.3, -0.25) is 4.79 Å². The lowest BCUT2D eigenvalue weighted by molar-refractivity contribution is 0.0809. The number of cyclic esters (lactones) is 1. The molecule has 0 aromatic heterocycles. The van der Waals surface area contributed by atoms with E-state index in [1.54, 1.807) is 0 Å². The highest BCUT2D eigenvalue weighted by molar-refractivity contribution is 6.03. The predicted octanol–water partition coefficient (Wildman–Crippen LogP) is 0.690. The number of imide groups is 1. The van der Waals surface area contributed by atoms with Crippen LogP contribution in [0.1, 0.15) is 10.4 Å². The molecular formula is C10H9NO5. The van der Waals surface area contributed by atoms with Crippen LogP contribution in [0.25, 0.3) is 0 Å². The van der Waals surface area contributed by atoms with Crippen molar-refractivity contribution >= 4 is 12.0 Å². The highest BCUT2D eigenvalue weighted by Crippen LogP contribution is 2.25. The Bertz CT molecular complexity index is 457. The van der Waals surface area contributed by atoms with E-state index < -0.39 is 17.7 Å². The second kappa shape index (κ2) is 3.73. The summed E-state index contributed by atoms with van der Waals surface area (Å²) in [6, 6.07) is 3.61. The molecule has 84 valence electrons. The van der Waals surface area contributed by atoms with Gasteiger partial charge in [0.2, 0.25) is 0 Å². The molecule has 0 unspecified atom stereocenters. The summed E-state index contributed by atoms with van der Waals surface area (Å²) < 4.78 is 4.62. The van der Waals surface area contributed by atoms with E-state index in [0.29, 0.717) is 0 Å². The second-order valence-corrected chi connectivity index (χ2v) is 3.27. The summed E-state index contributed by atoms with van der Waals surface area (Å²) in [4.78, 5) is 23.8. The Labute approximate surface area is 90.7 Å². The number of aromatic hydroxyl groups is 2. The van der Waals surface area contributed by atoms with Gasteiger partial charge in [-0.1, -0.05) is 0 Å². The van der Waals surface area contributed by atoms with Crippen LogP contribution in [0.3, 0.4) is 0 Å². The van der Waals surface area contributed by atoms with Gasteiger partial charge in [0.25, 0.3) is 5.91 Å². The first-order valence-corrected chi connectivity index (χ1v) is 4.60. The summed E-state index contributed by atoms with van der Waals surface area (Å²) in [6.45, 7) is 0.369. The van der Waals surface area contributed by atoms with Gasteiger partial charge in [-0.2, -0.15) is 0 Å². The van der Waals surface area contributed by atoms with Crippen molar-refractivity contribution in [2.45, 2.75) is 0 Å². The van der Waals surface area contributed by atoms with E-state index in [1.165, 1.54) is 12.1 Å². The SMILES string of the molecule is O=C1OCCN1C(=O)c1ccc(O)c(O)c1. The maximum atomic E-state index is 11.8. The molecule has 0 atom stereocenters. The largest absolute Gasteiger partial charge is 0.504 e. The van der Waals surface area contributed by atoms with Gasteiger partial charge in [-0.05, 0) is 18.2 Å². The van der Waals surface area contributed by atoms with E-state index >= 15 is 0 Å². The number of carbonyl (C=O) groups excluding carboxylic acids is 2. The van der Waals surface area contributed by atoms with E-state index in [9.17, 15) is 14.7 Å². The van der Waals surface area contributed by atoms with Crippen molar-refractivity contribution in [1.29, 1.82) is 0 Å². The third-order valence-corrected chi connectivity index (χ3v) is 2.23. The zero-order valence-electron chi connectivity index (χ0n) is 8.21. The first kappa shape index (κ1) is 10.3. The number of hydrogen-bond donors (Lipinski definition) is 2. The third-order valence-electron chi connectivity index (χ3n) is 2.23. The number of benzene rings is 1. The van der Waals surface area contributed by atoms with Gasteiger partial charge in [-0.15, -0.1) is 0 Å². The first-order valence-electron chi connectivity index (χ1n) is 4.60. The normalized spacial score (nSPS) is 15.0. The lowest BCUT2D eigenvalue weighted by atomic mass is 10.2. The summed E-state index contributed by atoms with van der Waals surface area (Å²) in [5.74, 6) is -1.28. The number of hydrogen-bond acceptors (Lipinski definition) is 5. The van der Waals surface area contributed by atoms with E-state index in [1.807, 2.05) is 0 Å². The average molecular weight is 223 g/mol. The van der Waals surface area contributed by atoms with Crippen molar-refractivity contribution in [2.75, 3.05) is 13.2 Å². The van der Waals surface area contributed by atoms with Crippen LogP contribution < -0.4 is 0 Å². The topological polar surface area (TPSA) is 87.1 Å². The zero-order valence-corrected chi connectivity index (χ0v) is 8.21. The summed E-state index contributed by atoms with van der Waals surface area (Å²) in [6.07, 6.45) is -0.697. The van der Waals surface area contributed by atoms with Crippen LogP contribution in [0.2, 0.25) is 0 Å². The number of phenolic OH excluding ortho intramolecular Hbond substituents is 2. The van der Waals surface area contributed by atoms with Gasteiger partial charge in [0.1, 0.15) is 6.61 Å². The van der Waals surface area contributed by atoms with E-state index in [2.05, 4.69) is 4.74 Å². The molecule has 0 spiro atoms. The van der Waals surface area contributed by atoms with Crippen molar-refractivity contribution < 1.29 is 24.5 Å². The Balaban J connectivity index is 2.27. The molecule has 0 aliphatic carbocycles. The predicted molar refractivity (Wildman–Crippen MR) is 52.2 cm³/mol. The molecule has 1 fully saturated rings. The van der Waals surface area contributed by atoms with E-state index in [-0.39, 0.29) is 24.5 Å². The molecule has 1 heterocycles. The lowest BCUT2D eigenvalue weighted by Crippen LogP contribution is -2.31. The molecule has 2 rings (SSSR count). The smallest absolute Gasteiger partial charge is 0.416 e. The van der Waals surface area contributed by atoms with Crippen molar-refractivity contribution in [2.24, 2.45) is 0 Å². The summed E-state index contributed by atoms with van der Waals surface area (Å²) >= 11 is 0. The minimum Gasteiger partial charge on any atom is -0.504 e. The molecule has 2 N–H and O–H groups in total. The Kier molecular flexibility index (Phi) is 2.40. The second-order valence-electron chi connectivity index (χ2n) is 3.27. The van der Waals surface area contributed by atoms with Gasteiger partial charge >= 0.3 is 6.09 Å². The number of ether oxygens (including phenoxy) is 1. The molecular weight excluding hydrogens is 214 g/mol. The van der Waals surface area contributed by atoms with Crippen LogP contribution in [-0.2, 0) is 4.74 Å². The average Bonchev–Trinajstić information content (AvgIpc) is 2.67. The number of phenols is 2. The molecule has 1 aromatic carbocycles. The number of amides is 2. The van der Waals surface area contributed by atoms with Gasteiger partial charge < -0.3 is 14.9 Å². The third kappa shape index (κ3) is 1.65. The van der Waals surface area contributed by atoms with Crippen molar-refractivity contribution in [3.8, 4) is 11.5 Å². The number of rotatable bonds is 1. The molecule has 0 bridgehead atoms. The molecule has 2 amide bonds. The van der Waals surface area contributed by atoms with Crippen LogP contribution in [0.4, 0.5) is 4.79 Å². The molecule has 1 aliphatic rings. The van der Waals surface area contributed by atoms with E-state index in [4.69, 9.17) is 5.11 Å². The van der Waals surface area contributed by atoms with Gasteiger partial charge in [0, 0.05) is 5.56 Å². The maximum Gasteiger partial charge on any atom is 0.416 e.